The smallest absolute Gasteiger partial charge is 0.323 e. The Kier molecular flexibility index (Phi) is 5.34. The van der Waals surface area contributed by atoms with E-state index in [1.807, 2.05) is 19.3 Å². The molecule has 0 aliphatic heterocycles. The van der Waals surface area contributed by atoms with Gasteiger partial charge in [-0.05, 0) is 30.3 Å². The summed E-state index contributed by atoms with van der Waals surface area (Å²) in [4.78, 5) is 29.5. The monoisotopic (exact) mass is 474 g/mol. The summed E-state index contributed by atoms with van der Waals surface area (Å²) in [5, 5.41) is 15.1. The van der Waals surface area contributed by atoms with Gasteiger partial charge in [0, 0.05) is 64.5 Å². The number of rotatable bonds is 6. The minimum Gasteiger partial charge on any atom is -0.480 e. The second-order valence-corrected chi connectivity index (χ2v) is 8.09. The van der Waals surface area contributed by atoms with Gasteiger partial charge >= 0.3 is 5.97 Å². The Bertz CT molecular complexity index is 1510. The molecule has 1 aromatic carbocycles. The van der Waals surface area contributed by atoms with E-state index in [9.17, 15) is 9.90 Å². The van der Waals surface area contributed by atoms with E-state index in [1.54, 1.807) is 53.6 Å². The number of carbonyl (C=O) groups is 1. The number of nitrogens with two attached hydrogens (primary N) is 1. The molecule has 0 saturated heterocycles. The summed E-state index contributed by atoms with van der Waals surface area (Å²) in [6, 6.07) is 10.5. The summed E-state index contributed by atoms with van der Waals surface area (Å²) in [5.74, 6) is -0.661. The van der Waals surface area contributed by atoms with Crippen molar-refractivity contribution in [2.45, 2.75) is 0 Å². The van der Waals surface area contributed by atoms with Crippen LogP contribution in [0.4, 0.5) is 17.5 Å². The van der Waals surface area contributed by atoms with Gasteiger partial charge in [0.05, 0.1) is 11.9 Å². The van der Waals surface area contributed by atoms with Crippen molar-refractivity contribution in [3.63, 3.8) is 0 Å². The average molecular weight is 475 g/mol. The van der Waals surface area contributed by atoms with Crippen molar-refractivity contribution >= 4 is 46.1 Å². The molecular weight excluding hydrogens is 456 g/mol. The van der Waals surface area contributed by atoms with E-state index in [-0.39, 0.29) is 12.5 Å². The normalized spacial score (nSPS) is 11.1. The maximum atomic E-state index is 11.6. The topological polar surface area (TPSA) is 139 Å². The number of benzene rings is 1. The van der Waals surface area contributed by atoms with Gasteiger partial charge < -0.3 is 20.7 Å². The van der Waals surface area contributed by atoms with E-state index < -0.39 is 5.97 Å². The average Bonchev–Trinajstić information content (AvgIpc) is 3.43. The standard InChI is InChI=1S/C23H19ClN8O2/c1-31-11-14(9-28-31)13-6-17-18(10-27-22(17)26-8-13)19-7-20(30-23(25)29-19)32(12-21(33)34)16-4-2-15(24)3-5-16/h2-11H,12H2,1H3,(H,26,27)(H,33,34)(H2,25,29,30). The summed E-state index contributed by atoms with van der Waals surface area (Å²) in [7, 11) is 1.85. The van der Waals surface area contributed by atoms with Crippen molar-refractivity contribution in [3.8, 4) is 22.4 Å². The number of nitrogens with one attached hydrogen (secondary N) is 1. The van der Waals surface area contributed by atoms with Gasteiger partial charge in [-0.15, -0.1) is 0 Å². The number of H-pyrrole nitrogens is 1. The lowest BCUT2D eigenvalue weighted by Gasteiger charge is -2.22. The maximum Gasteiger partial charge on any atom is 0.323 e. The minimum absolute atomic E-state index is 0.0163. The predicted molar refractivity (Wildman–Crippen MR) is 130 cm³/mol. The summed E-state index contributed by atoms with van der Waals surface area (Å²) >= 11 is 6.00. The highest BCUT2D eigenvalue weighted by Gasteiger charge is 2.19. The first-order chi connectivity index (χ1) is 16.4. The number of pyridine rings is 1. The Labute approximate surface area is 198 Å². The fourth-order valence-electron chi connectivity index (χ4n) is 3.73. The molecule has 0 saturated carbocycles. The lowest BCUT2D eigenvalue weighted by molar-refractivity contribution is -0.135. The van der Waals surface area contributed by atoms with Crippen molar-refractivity contribution in [2.24, 2.45) is 7.05 Å². The SMILES string of the molecule is Cn1cc(-c2cnc3[nH]cc(-c4cc(N(CC(=O)O)c5ccc(Cl)cc5)nc(N)n4)c3c2)cn1. The first kappa shape index (κ1) is 21.4. The van der Waals surface area contributed by atoms with Crippen molar-refractivity contribution in [2.75, 3.05) is 17.2 Å². The van der Waals surface area contributed by atoms with Crippen LogP contribution in [0.1, 0.15) is 0 Å². The molecule has 0 aliphatic carbocycles. The van der Waals surface area contributed by atoms with Crippen LogP contribution in [-0.4, -0.2) is 47.3 Å². The molecule has 0 amide bonds. The number of aromatic nitrogens is 6. The zero-order valence-electron chi connectivity index (χ0n) is 18.0. The molecule has 4 heterocycles. The van der Waals surface area contributed by atoms with Gasteiger partial charge in [-0.2, -0.15) is 10.1 Å². The van der Waals surface area contributed by atoms with Crippen LogP contribution in [0.25, 0.3) is 33.4 Å². The molecule has 4 N–H and O–H groups in total. The van der Waals surface area contributed by atoms with Gasteiger partial charge in [-0.25, -0.2) is 9.97 Å². The van der Waals surface area contributed by atoms with Crippen molar-refractivity contribution in [1.29, 1.82) is 0 Å². The Morgan fingerprint density at radius 1 is 1.18 bits per heavy atom. The molecule has 0 unspecified atom stereocenters. The molecule has 10 nitrogen and oxygen atoms in total. The Morgan fingerprint density at radius 2 is 1.97 bits per heavy atom. The van der Waals surface area contributed by atoms with Crippen molar-refractivity contribution in [3.05, 3.63) is 66.2 Å². The van der Waals surface area contributed by atoms with E-state index in [0.29, 0.717) is 27.9 Å². The molecule has 0 fully saturated rings. The zero-order chi connectivity index (χ0) is 23.8. The molecule has 170 valence electrons. The van der Waals surface area contributed by atoms with E-state index in [4.69, 9.17) is 17.3 Å². The van der Waals surface area contributed by atoms with Gasteiger partial charge in [-0.3, -0.25) is 9.48 Å². The summed E-state index contributed by atoms with van der Waals surface area (Å²) in [6.45, 7) is -0.321. The first-order valence-corrected chi connectivity index (χ1v) is 10.6. The van der Waals surface area contributed by atoms with Crippen molar-refractivity contribution in [1.82, 2.24) is 29.7 Å². The lowest BCUT2D eigenvalue weighted by Crippen LogP contribution is -2.26. The molecule has 4 aromatic heterocycles. The Hall–Kier alpha value is -4.44. The van der Waals surface area contributed by atoms with Crippen LogP contribution >= 0.6 is 11.6 Å². The fourth-order valence-corrected chi connectivity index (χ4v) is 3.86. The van der Waals surface area contributed by atoms with Crippen LogP contribution in [0.2, 0.25) is 5.02 Å². The third-order valence-electron chi connectivity index (χ3n) is 5.28. The maximum absolute atomic E-state index is 11.6. The molecule has 11 heteroatoms. The number of nitrogens with zero attached hydrogens (tertiary/aromatic N) is 6. The zero-order valence-corrected chi connectivity index (χ0v) is 18.7. The molecule has 0 spiro atoms. The number of halogens is 1. The summed E-state index contributed by atoms with van der Waals surface area (Å²) in [5.41, 5.74) is 10.5. The number of carboxylic acid groups (broad SMARTS) is 1. The molecule has 5 rings (SSSR count). The quantitative estimate of drug-likeness (QED) is 0.337. The summed E-state index contributed by atoms with van der Waals surface area (Å²) < 4.78 is 1.72. The number of carboxylic acids is 1. The van der Waals surface area contributed by atoms with Gasteiger partial charge in [0.2, 0.25) is 5.95 Å². The molecule has 0 bridgehead atoms. The van der Waals surface area contributed by atoms with E-state index in [2.05, 4.69) is 25.0 Å². The second-order valence-electron chi connectivity index (χ2n) is 7.65. The minimum atomic E-state index is -1.02. The highest BCUT2D eigenvalue weighted by Crippen LogP contribution is 2.33. The number of aryl methyl sites for hydroxylation is 1. The summed E-state index contributed by atoms with van der Waals surface area (Å²) in [6.07, 6.45) is 7.24. The van der Waals surface area contributed by atoms with Crippen LogP contribution in [0, 0.1) is 0 Å². The Balaban J connectivity index is 1.62. The van der Waals surface area contributed by atoms with Gasteiger partial charge in [0.25, 0.3) is 0 Å². The van der Waals surface area contributed by atoms with E-state index in [1.165, 1.54) is 4.90 Å². The number of anilines is 3. The predicted octanol–water partition coefficient (Wildman–Crippen LogP) is 3.88. The molecule has 5 aromatic rings. The van der Waals surface area contributed by atoms with Crippen molar-refractivity contribution < 1.29 is 9.90 Å². The van der Waals surface area contributed by atoms with Crippen LogP contribution in [0.3, 0.4) is 0 Å². The first-order valence-electron chi connectivity index (χ1n) is 10.2. The third kappa shape index (κ3) is 4.14. The molecule has 0 atom stereocenters. The third-order valence-corrected chi connectivity index (χ3v) is 5.54. The number of hydrogen-bond acceptors (Lipinski definition) is 7. The molecule has 0 aliphatic rings. The van der Waals surface area contributed by atoms with Gasteiger partial charge in [0.15, 0.2) is 0 Å². The Morgan fingerprint density at radius 3 is 2.68 bits per heavy atom. The number of nitrogen functional groups attached to an aromatic ring is 1. The number of hydrogen-bond donors (Lipinski definition) is 3. The van der Waals surface area contributed by atoms with Crippen LogP contribution in [0.15, 0.2) is 61.2 Å². The number of fused-ring (bicyclic) bond motifs is 1. The van der Waals surface area contributed by atoms with Gasteiger partial charge in [0.1, 0.15) is 18.0 Å². The number of aromatic amines is 1. The highest BCUT2D eigenvalue weighted by atomic mass is 35.5. The largest absolute Gasteiger partial charge is 0.480 e. The molecule has 0 radical (unpaired) electrons. The molecular formula is C23H19ClN8O2. The van der Waals surface area contributed by atoms with Crippen LogP contribution < -0.4 is 10.6 Å². The van der Waals surface area contributed by atoms with Crippen LogP contribution in [-0.2, 0) is 11.8 Å². The lowest BCUT2D eigenvalue weighted by atomic mass is 10.1. The van der Waals surface area contributed by atoms with E-state index in [0.717, 1.165) is 22.1 Å². The number of aliphatic carboxylic acids is 1. The van der Waals surface area contributed by atoms with Gasteiger partial charge in [-0.1, -0.05) is 11.6 Å². The highest BCUT2D eigenvalue weighted by molar-refractivity contribution is 6.30. The second kappa shape index (κ2) is 8.49. The fraction of sp³-hybridized carbons (Fsp3) is 0.0870. The molecule has 34 heavy (non-hydrogen) atoms. The van der Waals surface area contributed by atoms with Crippen LogP contribution in [0.5, 0.6) is 0 Å². The van der Waals surface area contributed by atoms with E-state index >= 15 is 0 Å².